The highest BCUT2D eigenvalue weighted by molar-refractivity contribution is 6.00. The van der Waals surface area contributed by atoms with Crippen LogP contribution in [0.4, 0.5) is 5.82 Å². The molecular formula is C32H39N3O4. The molecule has 5 atom stereocenters. The number of allylic oxidation sites excluding steroid dienone is 5. The Morgan fingerprint density at radius 1 is 1.23 bits per heavy atom. The third-order valence-electron chi connectivity index (χ3n) is 9.59. The second-order valence-electron chi connectivity index (χ2n) is 12.0. The average Bonchev–Trinajstić information content (AvgIpc) is 3.40. The van der Waals surface area contributed by atoms with Gasteiger partial charge in [-0.25, -0.2) is 14.6 Å². The van der Waals surface area contributed by atoms with Crippen molar-refractivity contribution in [3.63, 3.8) is 0 Å². The Hall–Kier alpha value is -3.19. The lowest BCUT2D eigenvalue weighted by Gasteiger charge is -2.56. The van der Waals surface area contributed by atoms with Gasteiger partial charge in [0.1, 0.15) is 17.3 Å². The van der Waals surface area contributed by atoms with Gasteiger partial charge in [-0.05, 0) is 106 Å². The van der Waals surface area contributed by atoms with Crippen molar-refractivity contribution < 1.29 is 19.1 Å². The number of nitrogens with one attached hydrogen (secondary N) is 1. The van der Waals surface area contributed by atoms with Crippen LogP contribution in [0.2, 0.25) is 0 Å². The van der Waals surface area contributed by atoms with Gasteiger partial charge < -0.3 is 20.5 Å². The number of esters is 2. The number of nitrogen functional groups attached to an aromatic ring is 1. The molecule has 206 valence electrons. The number of fused-ring (bicyclic) bond motifs is 1. The second-order valence-corrected chi connectivity index (χ2v) is 12.0. The van der Waals surface area contributed by atoms with Gasteiger partial charge in [0.05, 0.1) is 11.0 Å². The summed E-state index contributed by atoms with van der Waals surface area (Å²) in [4.78, 5) is 31.5. The molecule has 1 saturated heterocycles. The van der Waals surface area contributed by atoms with E-state index in [0.717, 1.165) is 85.3 Å². The predicted molar refractivity (Wildman–Crippen MR) is 149 cm³/mol. The number of hydrogen-bond donors (Lipinski definition) is 2. The van der Waals surface area contributed by atoms with Crippen molar-refractivity contribution in [3.05, 3.63) is 69.9 Å². The number of carbonyl (C=O) groups excluding carboxylic acids is 2. The molecule has 1 aromatic rings. The summed E-state index contributed by atoms with van der Waals surface area (Å²) in [5.74, 6) is 2.27. The molecular weight excluding hydrogens is 490 g/mol. The van der Waals surface area contributed by atoms with Crippen LogP contribution < -0.4 is 11.1 Å². The number of hydrogen-bond acceptors (Lipinski definition) is 7. The third-order valence-corrected chi connectivity index (χ3v) is 9.59. The van der Waals surface area contributed by atoms with E-state index in [4.69, 9.17) is 15.2 Å². The number of ether oxygens (including phenoxy) is 2. The van der Waals surface area contributed by atoms with Crippen LogP contribution in [0, 0.1) is 29.1 Å². The normalized spacial score (nSPS) is 31.9. The maximum Gasteiger partial charge on any atom is 0.340 e. The summed E-state index contributed by atoms with van der Waals surface area (Å²) >= 11 is 0. The van der Waals surface area contributed by atoms with Gasteiger partial charge in [0.15, 0.2) is 0 Å². The molecule has 7 heteroatoms. The van der Waals surface area contributed by atoms with E-state index in [1.165, 1.54) is 5.57 Å². The molecule has 0 aromatic carbocycles. The van der Waals surface area contributed by atoms with E-state index < -0.39 is 5.41 Å². The van der Waals surface area contributed by atoms with Crippen molar-refractivity contribution in [2.75, 3.05) is 19.3 Å². The minimum absolute atomic E-state index is 0.0985. The van der Waals surface area contributed by atoms with Crippen molar-refractivity contribution >= 4 is 17.8 Å². The van der Waals surface area contributed by atoms with Crippen LogP contribution in [0.15, 0.2) is 64.3 Å². The molecule has 3 N–H and O–H groups in total. The van der Waals surface area contributed by atoms with E-state index in [1.807, 2.05) is 19.2 Å². The van der Waals surface area contributed by atoms with E-state index in [0.29, 0.717) is 18.2 Å². The molecule has 2 bridgehead atoms. The van der Waals surface area contributed by atoms with E-state index in [1.54, 1.807) is 6.20 Å². The average molecular weight is 530 g/mol. The number of aromatic nitrogens is 1. The molecule has 7 nitrogen and oxygen atoms in total. The first kappa shape index (κ1) is 26.1. The Balaban J connectivity index is 1.52. The Morgan fingerprint density at radius 2 is 2.08 bits per heavy atom. The zero-order valence-corrected chi connectivity index (χ0v) is 23.2. The zero-order chi connectivity index (χ0) is 27.3. The van der Waals surface area contributed by atoms with Crippen LogP contribution in [0.25, 0.3) is 0 Å². The van der Waals surface area contributed by atoms with E-state index in [9.17, 15) is 9.59 Å². The van der Waals surface area contributed by atoms with Crippen LogP contribution in [0.1, 0.15) is 64.4 Å². The Kier molecular flexibility index (Phi) is 6.74. The molecule has 1 spiro atoms. The van der Waals surface area contributed by atoms with Gasteiger partial charge in [-0.3, -0.25) is 0 Å². The lowest BCUT2D eigenvalue weighted by Crippen LogP contribution is -2.52. The number of nitrogens with two attached hydrogens (primary N) is 1. The lowest BCUT2D eigenvalue weighted by atomic mass is 9.44. The fourth-order valence-corrected chi connectivity index (χ4v) is 8.12. The van der Waals surface area contributed by atoms with E-state index >= 15 is 0 Å². The third kappa shape index (κ3) is 4.08. The molecule has 6 aliphatic rings. The number of nitrogens with zero attached hydrogens (tertiary/aromatic N) is 1. The van der Waals surface area contributed by atoms with Crippen LogP contribution in [0.5, 0.6) is 0 Å². The Morgan fingerprint density at radius 3 is 2.85 bits per heavy atom. The van der Waals surface area contributed by atoms with Crippen molar-refractivity contribution in [3.8, 4) is 0 Å². The van der Waals surface area contributed by atoms with Crippen molar-refractivity contribution in [2.24, 2.45) is 29.1 Å². The summed E-state index contributed by atoms with van der Waals surface area (Å²) in [7, 11) is 1.95. The SMILES string of the molecule is CCCC=C1OC(=O)C2=C1CC[C@@H]1[C@@H]2[C@]23CC[C@H]1C(Cc1ccnc(N)c1)=C2C(=O)OC3=CC[C@H](C)CNC. The Bertz CT molecular complexity index is 1340. The van der Waals surface area contributed by atoms with Gasteiger partial charge in [-0.1, -0.05) is 25.8 Å². The summed E-state index contributed by atoms with van der Waals surface area (Å²) in [5, 5.41) is 3.24. The number of cyclic esters (lactones) is 2. The maximum absolute atomic E-state index is 13.8. The molecule has 0 radical (unpaired) electrons. The number of unbranched alkanes of at least 4 members (excludes halogenated alkanes) is 1. The van der Waals surface area contributed by atoms with Gasteiger partial charge in [0.25, 0.3) is 0 Å². The topological polar surface area (TPSA) is 104 Å². The molecule has 0 amide bonds. The molecule has 4 aliphatic carbocycles. The first-order valence-electron chi connectivity index (χ1n) is 14.6. The molecule has 3 heterocycles. The maximum atomic E-state index is 13.8. The molecule has 2 aliphatic heterocycles. The summed E-state index contributed by atoms with van der Waals surface area (Å²) in [5.41, 5.74) is 10.3. The first-order chi connectivity index (χ1) is 18.9. The summed E-state index contributed by atoms with van der Waals surface area (Å²) < 4.78 is 12.1. The largest absolute Gasteiger partial charge is 0.427 e. The van der Waals surface area contributed by atoms with Gasteiger partial charge in [-0.2, -0.15) is 0 Å². The van der Waals surface area contributed by atoms with Gasteiger partial charge >= 0.3 is 11.9 Å². The van der Waals surface area contributed by atoms with Gasteiger partial charge in [0.2, 0.25) is 0 Å². The van der Waals surface area contributed by atoms with E-state index in [-0.39, 0.29) is 29.7 Å². The van der Waals surface area contributed by atoms with Crippen molar-refractivity contribution in [2.45, 2.75) is 65.2 Å². The highest BCUT2D eigenvalue weighted by Gasteiger charge is 2.68. The van der Waals surface area contributed by atoms with E-state index in [2.05, 4.69) is 36.3 Å². The molecule has 7 rings (SSSR count). The minimum atomic E-state index is -0.621. The Labute approximate surface area is 230 Å². The zero-order valence-electron chi connectivity index (χ0n) is 23.2. The lowest BCUT2D eigenvalue weighted by molar-refractivity contribution is -0.135. The molecule has 39 heavy (non-hydrogen) atoms. The minimum Gasteiger partial charge on any atom is -0.427 e. The van der Waals surface area contributed by atoms with Gasteiger partial charge in [0, 0.05) is 23.3 Å². The molecule has 2 fully saturated rings. The fourth-order valence-electron chi connectivity index (χ4n) is 8.12. The van der Waals surface area contributed by atoms with Crippen molar-refractivity contribution in [1.29, 1.82) is 0 Å². The number of anilines is 1. The number of pyridine rings is 1. The number of carbonyl (C=O) groups is 2. The first-order valence-corrected chi connectivity index (χ1v) is 14.6. The van der Waals surface area contributed by atoms with Crippen LogP contribution >= 0.6 is 0 Å². The molecule has 0 unspecified atom stereocenters. The summed E-state index contributed by atoms with van der Waals surface area (Å²) in [6.07, 6.45) is 12.9. The summed E-state index contributed by atoms with van der Waals surface area (Å²) in [6.45, 7) is 5.20. The van der Waals surface area contributed by atoms with Gasteiger partial charge in [-0.15, -0.1) is 0 Å². The van der Waals surface area contributed by atoms with Crippen molar-refractivity contribution in [1.82, 2.24) is 10.3 Å². The van der Waals surface area contributed by atoms with Crippen LogP contribution in [-0.4, -0.2) is 30.5 Å². The van der Waals surface area contributed by atoms with Crippen LogP contribution in [0.3, 0.4) is 0 Å². The quantitative estimate of drug-likeness (QED) is 0.448. The smallest absolute Gasteiger partial charge is 0.340 e. The standard InChI is InChI=1S/C32H39N3O4/c1-4-5-6-24-22-9-8-21-20-11-13-32(28(21)27(22)30(36)38-24)25(10-7-18(2)17-34-3)39-31(37)29(32)23(20)15-19-12-14-35-26(33)16-19/h6,10,12,14,16,18,20-21,28,34H,4-5,7-9,11,13,15,17H2,1-3H3,(H2,33,35)/t18-,20+,21-,28-,32+/m0/s1. The predicted octanol–water partition coefficient (Wildman–Crippen LogP) is 5.16. The number of rotatable bonds is 8. The van der Waals surface area contributed by atoms with Crippen LogP contribution in [-0.2, 0) is 25.5 Å². The second kappa shape index (κ2) is 10.1. The highest BCUT2D eigenvalue weighted by atomic mass is 16.5. The summed E-state index contributed by atoms with van der Waals surface area (Å²) in [6, 6.07) is 3.88. The fraction of sp³-hybridized carbons (Fsp3) is 0.531. The molecule has 1 aromatic heterocycles. The monoisotopic (exact) mass is 529 g/mol. The molecule has 1 saturated carbocycles. The highest BCUT2D eigenvalue weighted by Crippen LogP contribution is 2.70.